The lowest BCUT2D eigenvalue weighted by molar-refractivity contribution is -0.374. The molecule has 0 radical (unpaired) electrons. The summed E-state index contributed by atoms with van der Waals surface area (Å²) in [6.07, 6.45) is -29.2. The maximum atomic E-state index is 15.4. The molecule has 6 saturated heterocycles. The topological polar surface area (TPSA) is 444 Å². The Morgan fingerprint density at radius 3 is 1.83 bits per heavy atom. The smallest absolute Gasteiger partial charge is 0.317 e. The standard InChI is InChI=1S/C58H94O25.C20H21ClN2O4.ClH/c1-23-44(80-47-40(69)34(63)27(60)21-74-47)38(67)42(71)48(76-23)79-33-13-14-55(7)30(54(33,5)6)12-15-56(8)31(55)11-10-25-26-18-53(3,4)16-17-58(26,32(62)19-57(25,56)9)52(73)83-51-46(35(64)28(61)22-75-51)82-49-43(72)39(68)45(24(2)77-49)81-50-41(70)37(66)36(65)29(20-59)78-50;21-16-2-4-17(5-3-16)25-13-20(24)23-9-7-22(8-10-23)12-15-1-6-18-19(11-15)27-14-26-18;/h10,23-24,26-51,59-72H,11-22H2,1-9H3;1-6,11H,7-10,12-14H2;1H. The van der Waals surface area contributed by atoms with Crippen LogP contribution in [0.2, 0.25) is 5.02 Å². The minimum absolute atomic E-state index is 0. The van der Waals surface area contributed by atoms with Crippen molar-refractivity contribution in [2.75, 3.05) is 59.4 Å². The van der Waals surface area contributed by atoms with E-state index in [2.05, 4.69) is 65.5 Å². The Labute approximate surface area is 657 Å². The quantitative estimate of drug-likeness (QED) is 0.0640. The molecule has 7 heterocycles. The SMILES string of the molecule is CC1OC(OC2CCC3(C)C(CCC4(C)C3CC=C3C5CC(C)(C)CCC5(C(=O)OC5OCC(O)C(O)C5OC5OC(C)C(OC6OC(CO)C(O)C(O)C6O)C(O)C5O)C(O)CC34C)C2(C)C)C(O)C(O)C1OC1OCC(O)C(O)C1O.Cl.O=C(COc1ccc(Cl)cc1)N1CCN(Cc2ccc3c(c2)OCO3)CC1. The van der Waals surface area contributed by atoms with Crippen molar-refractivity contribution in [1.29, 1.82) is 0 Å². The van der Waals surface area contributed by atoms with E-state index in [9.17, 15) is 76.3 Å². The number of fused-ring (bicyclic) bond motifs is 8. The minimum Gasteiger partial charge on any atom is -0.484 e. The highest BCUT2D eigenvalue weighted by Gasteiger charge is 2.72. The first-order valence-electron chi connectivity index (χ1n) is 38.9. The molecule has 7 aliphatic heterocycles. The number of hydrogen-bond acceptors (Lipinski definition) is 30. The number of amides is 1. The van der Waals surface area contributed by atoms with Gasteiger partial charge in [-0.25, -0.2) is 0 Å². The van der Waals surface area contributed by atoms with E-state index in [-0.39, 0.29) is 79.2 Å². The van der Waals surface area contributed by atoms with Gasteiger partial charge in [0.25, 0.3) is 5.91 Å². The first kappa shape index (κ1) is 86.5. The Kier molecular flexibility index (Phi) is 26.4. The van der Waals surface area contributed by atoms with E-state index >= 15 is 4.79 Å². The Balaban J connectivity index is 0.000000342. The molecule has 33 heteroatoms. The van der Waals surface area contributed by atoms with E-state index < -0.39 is 195 Å². The number of ether oxygens (including phenoxy) is 13. The van der Waals surface area contributed by atoms with Gasteiger partial charge >= 0.3 is 5.97 Å². The van der Waals surface area contributed by atoms with Crippen molar-refractivity contribution < 1.29 is 143 Å². The summed E-state index contributed by atoms with van der Waals surface area (Å²) in [4.78, 5) is 31.9. The second-order valence-electron chi connectivity index (χ2n) is 34.8. The maximum absolute atomic E-state index is 15.4. The second kappa shape index (κ2) is 33.9. The number of aliphatic hydroxyl groups excluding tert-OH is 14. The predicted octanol–water partition coefficient (Wildman–Crippen LogP) is 1.31. The van der Waals surface area contributed by atoms with Gasteiger partial charge in [0.05, 0.1) is 44.2 Å². The van der Waals surface area contributed by atoms with Gasteiger partial charge in [-0.05, 0) is 158 Å². The fraction of sp³-hybridized carbons (Fsp3) is 0.795. The third-order valence-corrected chi connectivity index (χ3v) is 27.7. The van der Waals surface area contributed by atoms with Gasteiger partial charge in [0.1, 0.15) is 103 Å². The molecule has 31 nitrogen and oxygen atoms in total. The van der Waals surface area contributed by atoms with E-state index in [4.69, 9.17) is 73.2 Å². The van der Waals surface area contributed by atoms with Crippen LogP contribution >= 0.6 is 24.0 Å². The summed E-state index contributed by atoms with van der Waals surface area (Å²) >= 11 is 5.85. The fourth-order valence-electron chi connectivity index (χ4n) is 20.7. The van der Waals surface area contributed by atoms with Crippen LogP contribution in [0.15, 0.2) is 54.1 Å². The number of benzene rings is 2. The van der Waals surface area contributed by atoms with E-state index in [1.54, 1.807) is 31.2 Å². The molecule has 5 aliphatic carbocycles. The van der Waals surface area contributed by atoms with Gasteiger partial charge in [-0.15, -0.1) is 12.4 Å². The molecule has 626 valence electrons. The average Bonchev–Trinajstić information content (AvgIpc) is 1.13. The number of carbonyl (C=O) groups excluding carboxylic acids is 2. The largest absolute Gasteiger partial charge is 0.484 e. The average molecular weight is 1620 g/mol. The summed E-state index contributed by atoms with van der Waals surface area (Å²) in [5.41, 5.74) is -1.09. The van der Waals surface area contributed by atoms with E-state index in [1.165, 1.54) is 12.5 Å². The zero-order chi connectivity index (χ0) is 79.2. The van der Waals surface area contributed by atoms with Crippen LogP contribution in [0.4, 0.5) is 0 Å². The number of carbonyl (C=O) groups is 2. The monoisotopic (exact) mass is 1610 g/mol. The maximum Gasteiger partial charge on any atom is 0.317 e. The molecule has 0 aromatic heterocycles. The molecule has 14 N–H and O–H groups in total. The summed E-state index contributed by atoms with van der Waals surface area (Å²) in [5.74, 6) is 1.26. The summed E-state index contributed by atoms with van der Waals surface area (Å²) < 4.78 is 75.9. The minimum atomic E-state index is -1.93. The number of hydrogen-bond donors (Lipinski definition) is 14. The van der Waals surface area contributed by atoms with Gasteiger partial charge in [0.15, 0.2) is 49.4 Å². The van der Waals surface area contributed by atoms with E-state index in [0.29, 0.717) is 49.5 Å². The van der Waals surface area contributed by atoms with Crippen molar-refractivity contribution >= 4 is 35.9 Å². The Morgan fingerprint density at radius 1 is 0.586 bits per heavy atom. The van der Waals surface area contributed by atoms with Crippen LogP contribution in [0, 0.1) is 50.2 Å². The number of rotatable bonds is 16. The predicted molar refractivity (Wildman–Crippen MR) is 391 cm³/mol. The number of piperazine rings is 1. The summed E-state index contributed by atoms with van der Waals surface area (Å²) in [7, 11) is 0. The molecule has 32 unspecified atom stereocenters. The highest BCUT2D eigenvalue weighted by atomic mass is 35.5. The van der Waals surface area contributed by atoms with Crippen molar-refractivity contribution in [1.82, 2.24) is 9.80 Å². The zero-order valence-corrected chi connectivity index (χ0v) is 65.9. The van der Waals surface area contributed by atoms with Crippen LogP contribution < -0.4 is 14.2 Å². The number of nitrogens with zero attached hydrogens (tertiary/aromatic N) is 2. The highest BCUT2D eigenvalue weighted by molar-refractivity contribution is 6.30. The van der Waals surface area contributed by atoms with Crippen LogP contribution in [0.3, 0.4) is 0 Å². The Morgan fingerprint density at radius 2 is 1.17 bits per heavy atom. The van der Waals surface area contributed by atoms with Crippen LogP contribution in [0.1, 0.15) is 126 Å². The molecule has 1 amide bonds. The number of esters is 1. The molecule has 4 saturated carbocycles. The molecule has 0 spiro atoms. The van der Waals surface area contributed by atoms with Crippen molar-refractivity contribution in [3.05, 3.63) is 64.7 Å². The first-order chi connectivity index (χ1) is 51.9. The third-order valence-electron chi connectivity index (χ3n) is 27.4. The van der Waals surface area contributed by atoms with Crippen LogP contribution in [-0.2, 0) is 63.5 Å². The highest BCUT2D eigenvalue weighted by Crippen LogP contribution is 2.76. The van der Waals surface area contributed by atoms with Gasteiger partial charge < -0.3 is 138 Å². The van der Waals surface area contributed by atoms with Gasteiger partial charge in [0, 0.05) is 37.7 Å². The van der Waals surface area contributed by atoms with Crippen molar-refractivity contribution in [3.8, 4) is 17.2 Å². The van der Waals surface area contributed by atoms with Crippen molar-refractivity contribution in [2.45, 2.75) is 280 Å². The molecule has 2 aromatic carbocycles. The molecule has 14 rings (SSSR count). The summed E-state index contributed by atoms with van der Waals surface area (Å²) in [6, 6.07) is 13.1. The molecular weight excluding hydrogens is 1500 g/mol. The Bertz CT molecular complexity index is 3540. The fourth-order valence-corrected chi connectivity index (χ4v) is 20.8. The molecule has 0 bridgehead atoms. The van der Waals surface area contributed by atoms with Gasteiger partial charge in [-0.3, -0.25) is 14.5 Å². The Hall–Kier alpha value is -3.86. The van der Waals surface area contributed by atoms with Gasteiger partial charge in [-0.2, -0.15) is 0 Å². The summed E-state index contributed by atoms with van der Waals surface area (Å²) in [5, 5.41) is 153. The molecule has 12 aliphatic rings. The third kappa shape index (κ3) is 16.4. The van der Waals surface area contributed by atoms with Crippen molar-refractivity contribution in [3.63, 3.8) is 0 Å². The number of halogens is 2. The van der Waals surface area contributed by atoms with E-state index in [1.807, 2.05) is 17.0 Å². The van der Waals surface area contributed by atoms with Gasteiger partial charge in [0.2, 0.25) is 13.1 Å². The molecular formula is C78H116Cl2N2O29. The molecule has 32 atom stereocenters. The zero-order valence-electron chi connectivity index (χ0n) is 64.3. The summed E-state index contributed by atoms with van der Waals surface area (Å²) in [6.45, 7) is 21.4. The van der Waals surface area contributed by atoms with Gasteiger partial charge in [-0.1, -0.05) is 77.8 Å². The van der Waals surface area contributed by atoms with Crippen LogP contribution in [0.5, 0.6) is 17.2 Å². The number of aliphatic hydroxyl groups is 14. The lowest BCUT2D eigenvalue weighted by atomic mass is 9.33. The molecule has 111 heavy (non-hydrogen) atoms. The lowest BCUT2D eigenvalue weighted by Gasteiger charge is -2.71. The van der Waals surface area contributed by atoms with E-state index in [0.717, 1.165) is 56.0 Å². The van der Waals surface area contributed by atoms with Crippen molar-refractivity contribution in [2.24, 2.45) is 50.2 Å². The molecule has 2 aromatic rings. The van der Waals surface area contributed by atoms with Crippen LogP contribution in [-0.4, -0.2) is 306 Å². The first-order valence-corrected chi connectivity index (χ1v) is 39.3. The lowest BCUT2D eigenvalue weighted by Crippen LogP contribution is -2.68. The van der Waals surface area contributed by atoms with Crippen LogP contribution in [0.25, 0.3) is 0 Å². The second-order valence-corrected chi connectivity index (χ2v) is 35.3. The molecule has 10 fully saturated rings. The number of allylic oxidation sites excluding steroid dienone is 2. The normalized spacial score (nSPS) is 45.2.